The Hall–Kier alpha value is -1.96. The first kappa shape index (κ1) is 17.1. The predicted molar refractivity (Wildman–Crippen MR) is 69.8 cm³/mol. The van der Waals surface area contributed by atoms with Gasteiger partial charge in [-0.1, -0.05) is 6.07 Å². The zero-order valence-electron chi connectivity index (χ0n) is 11.4. The van der Waals surface area contributed by atoms with Crippen molar-refractivity contribution in [1.29, 1.82) is 0 Å². The van der Waals surface area contributed by atoms with E-state index in [1.165, 1.54) is 25.1 Å². The maximum absolute atomic E-state index is 12.3. The molecule has 0 fully saturated rings. The first-order valence-electron chi connectivity index (χ1n) is 6.26. The number of nitrogens with two attached hydrogens (primary N) is 1. The van der Waals surface area contributed by atoms with Crippen LogP contribution in [-0.2, 0) is 11.2 Å². The zero-order valence-corrected chi connectivity index (χ0v) is 11.4. The second-order valence-electron chi connectivity index (χ2n) is 4.60. The molecule has 0 spiro atoms. The summed E-state index contributed by atoms with van der Waals surface area (Å²) in [6.07, 6.45) is -4.52. The van der Waals surface area contributed by atoms with Gasteiger partial charge in [0.2, 0.25) is 5.91 Å². The fourth-order valence-electron chi connectivity index (χ4n) is 1.83. The number of amides is 1. The van der Waals surface area contributed by atoms with Crippen LogP contribution in [0, 0.1) is 0 Å². The largest absolute Gasteiger partial charge is 0.504 e. The zero-order chi connectivity index (χ0) is 16.2. The molecule has 0 bridgehead atoms. The van der Waals surface area contributed by atoms with Crippen LogP contribution < -0.4 is 5.73 Å². The molecule has 5 nitrogen and oxygen atoms in total. The Morgan fingerprint density at radius 1 is 1.33 bits per heavy atom. The number of phenolic OH excluding ortho intramolecular Hbond substituents is 2. The van der Waals surface area contributed by atoms with Crippen molar-refractivity contribution in [3.05, 3.63) is 23.8 Å². The lowest BCUT2D eigenvalue weighted by Crippen LogP contribution is -2.48. The summed E-state index contributed by atoms with van der Waals surface area (Å²) in [5, 5.41) is 18.5. The van der Waals surface area contributed by atoms with Gasteiger partial charge in [0.1, 0.15) is 6.54 Å². The number of halogens is 3. The van der Waals surface area contributed by atoms with Crippen LogP contribution in [0.4, 0.5) is 13.2 Å². The Morgan fingerprint density at radius 3 is 2.43 bits per heavy atom. The molecule has 0 heterocycles. The van der Waals surface area contributed by atoms with Crippen LogP contribution >= 0.6 is 0 Å². The summed E-state index contributed by atoms with van der Waals surface area (Å²) < 4.78 is 37.0. The molecule has 21 heavy (non-hydrogen) atoms. The molecule has 0 aliphatic rings. The minimum Gasteiger partial charge on any atom is -0.504 e. The molecule has 1 atom stereocenters. The van der Waals surface area contributed by atoms with Gasteiger partial charge in [0.05, 0.1) is 6.04 Å². The third-order valence-electron chi connectivity index (χ3n) is 2.88. The number of carbonyl (C=O) groups excluding carboxylic acids is 1. The van der Waals surface area contributed by atoms with Crippen LogP contribution in [0.5, 0.6) is 11.5 Å². The van der Waals surface area contributed by atoms with E-state index in [2.05, 4.69) is 0 Å². The second-order valence-corrected chi connectivity index (χ2v) is 4.60. The van der Waals surface area contributed by atoms with Crippen LogP contribution in [0.15, 0.2) is 18.2 Å². The molecule has 0 saturated heterocycles. The fourth-order valence-corrected chi connectivity index (χ4v) is 1.83. The fraction of sp³-hybridized carbons (Fsp3) is 0.462. The van der Waals surface area contributed by atoms with E-state index in [0.717, 1.165) is 0 Å². The summed E-state index contributed by atoms with van der Waals surface area (Å²) >= 11 is 0. The van der Waals surface area contributed by atoms with Gasteiger partial charge in [-0.25, -0.2) is 0 Å². The summed E-state index contributed by atoms with van der Waals surface area (Å²) in [6, 6.07) is 2.70. The van der Waals surface area contributed by atoms with Crippen molar-refractivity contribution >= 4 is 5.91 Å². The van der Waals surface area contributed by atoms with Crippen molar-refractivity contribution in [3.63, 3.8) is 0 Å². The van der Waals surface area contributed by atoms with E-state index in [4.69, 9.17) is 10.8 Å². The lowest BCUT2D eigenvalue weighted by molar-refractivity contribution is -0.161. The second kappa shape index (κ2) is 6.66. The Labute approximate surface area is 119 Å². The van der Waals surface area contributed by atoms with Crippen LogP contribution in [0.1, 0.15) is 12.5 Å². The van der Waals surface area contributed by atoms with Crippen LogP contribution in [0.25, 0.3) is 0 Å². The monoisotopic (exact) mass is 306 g/mol. The molecular formula is C13H17F3N2O3. The van der Waals surface area contributed by atoms with E-state index in [1.54, 1.807) is 0 Å². The first-order chi connectivity index (χ1) is 9.64. The summed E-state index contributed by atoms with van der Waals surface area (Å²) in [5.41, 5.74) is 6.07. The number of aromatic hydroxyl groups is 2. The summed E-state index contributed by atoms with van der Waals surface area (Å²) in [4.78, 5) is 12.5. The number of carbonyl (C=O) groups is 1. The first-order valence-corrected chi connectivity index (χ1v) is 6.26. The van der Waals surface area contributed by atoms with Gasteiger partial charge in [-0.05, 0) is 31.0 Å². The number of hydrogen-bond donors (Lipinski definition) is 3. The number of alkyl halides is 3. The Bertz CT molecular complexity index is 506. The Kier molecular flexibility index (Phi) is 5.42. The van der Waals surface area contributed by atoms with E-state index in [1.807, 2.05) is 0 Å². The summed E-state index contributed by atoms with van der Waals surface area (Å²) in [6.45, 7) is -0.0214. The van der Waals surface area contributed by atoms with Gasteiger partial charge >= 0.3 is 6.18 Å². The number of nitrogens with zero attached hydrogens (tertiary/aromatic N) is 1. The molecule has 4 N–H and O–H groups in total. The molecule has 0 saturated carbocycles. The van der Waals surface area contributed by atoms with Gasteiger partial charge in [0.25, 0.3) is 0 Å². The van der Waals surface area contributed by atoms with Gasteiger partial charge in [-0.3, -0.25) is 4.79 Å². The molecule has 0 aliphatic heterocycles. The molecule has 118 valence electrons. The topological polar surface area (TPSA) is 86.8 Å². The molecule has 0 aromatic heterocycles. The number of phenols is 2. The average Bonchev–Trinajstić information content (AvgIpc) is 2.38. The average molecular weight is 306 g/mol. The summed E-state index contributed by atoms with van der Waals surface area (Å²) in [5.74, 6) is -1.52. The van der Waals surface area contributed by atoms with E-state index < -0.39 is 24.7 Å². The standard InChI is InChI=1S/C13H17F3N2O3/c1-2-18(7-13(14,15)16)12(21)9(17)5-8-3-4-10(19)11(20)6-8/h3-4,6,9,19-20H,2,5,7,17H2,1H3/t9-/m0/s1. The van der Waals surface area contributed by atoms with Crippen molar-refractivity contribution in [2.45, 2.75) is 25.6 Å². The number of hydrogen-bond acceptors (Lipinski definition) is 4. The number of likely N-dealkylation sites (N-methyl/N-ethyl adjacent to an activating group) is 1. The Balaban J connectivity index is 2.74. The Morgan fingerprint density at radius 2 is 1.95 bits per heavy atom. The van der Waals surface area contributed by atoms with Crippen LogP contribution in [-0.4, -0.2) is 46.3 Å². The minimum absolute atomic E-state index is 0.0406. The van der Waals surface area contributed by atoms with Gasteiger partial charge in [-0.2, -0.15) is 13.2 Å². The molecule has 1 aromatic rings. The van der Waals surface area contributed by atoms with Crippen LogP contribution in [0.3, 0.4) is 0 Å². The number of benzene rings is 1. The molecule has 0 radical (unpaired) electrons. The van der Waals surface area contributed by atoms with E-state index in [9.17, 15) is 23.1 Å². The molecule has 1 aromatic carbocycles. The van der Waals surface area contributed by atoms with Gasteiger partial charge in [0, 0.05) is 6.54 Å². The van der Waals surface area contributed by atoms with Crippen molar-refractivity contribution in [2.24, 2.45) is 5.73 Å². The molecule has 1 amide bonds. The third kappa shape index (κ3) is 5.14. The van der Waals surface area contributed by atoms with Gasteiger partial charge in [-0.15, -0.1) is 0 Å². The van der Waals surface area contributed by atoms with E-state index in [-0.39, 0.29) is 24.5 Å². The highest BCUT2D eigenvalue weighted by molar-refractivity contribution is 5.82. The summed E-state index contributed by atoms with van der Waals surface area (Å²) in [7, 11) is 0. The van der Waals surface area contributed by atoms with Crippen molar-refractivity contribution < 1.29 is 28.2 Å². The quantitative estimate of drug-likeness (QED) is 0.717. The smallest absolute Gasteiger partial charge is 0.406 e. The molecule has 0 unspecified atom stereocenters. The molecule has 0 aliphatic carbocycles. The highest BCUT2D eigenvalue weighted by atomic mass is 19.4. The number of rotatable bonds is 5. The highest BCUT2D eigenvalue weighted by Gasteiger charge is 2.33. The van der Waals surface area contributed by atoms with Gasteiger partial charge < -0.3 is 20.8 Å². The molecular weight excluding hydrogens is 289 g/mol. The highest BCUT2D eigenvalue weighted by Crippen LogP contribution is 2.25. The van der Waals surface area contributed by atoms with E-state index >= 15 is 0 Å². The molecule has 8 heteroatoms. The maximum Gasteiger partial charge on any atom is 0.406 e. The predicted octanol–water partition coefficient (Wildman–Crippen LogP) is 1.38. The van der Waals surface area contributed by atoms with Crippen molar-refractivity contribution in [1.82, 2.24) is 4.90 Å². The molecule has 1 rings (SSSR count). The van der Waals surface area contributed by atoms with E-state index in [0.29, 0.717) is 10.5 Å². The van der Waals surface area contributed by atoms with Crippen molar-refractivity contribution in [3.8, 4) is 11.5 Å². The third-order valence-corrected chi connectivity index (χ3v) is 2.88. The van der Waals surface area contributed by atoms with Crippen LogP contribution in [0.2, 0.25) is 0 Å². The van der Waals surface area contributed by atoms with Gasteiger partial charge in [0.15, 0.2) is 11.5 Å². The lowest BCUT2D eigenvalue weighted by Gasteiger charge is -2.25. The lowest BCUT2D eigenvalue weighted by atomic mass is 10.0. The SMILES string of the molecule is CCN(CC(F)(F)F)C(=O)[C@@H](N)Cc1ccc(O)c(O)c1. The minimum atomic E-state index is -4.48. The normalized spacial score (nSPS) is 13.0. The maximum atomic E-state index is 12.3. The van der Waals surface area contributed by atoms with Crippen molar-refractivity contribution in [2.75, 3.05) is 13.1 Å².